The summed E-state index contributed by atoms with van der Waals surface area (Å²) in [4.78, 5) is 12.7. The van der Waals surface area contributed by atoms with E-state index in [1.807, 2.05) is 18.2 Å². The number of rotatable bonds is 10. The van der Waals surface area contributed by atoms with Gasteiger partial charge in [0.1, 0.15) is 5.75 Å². The summed E-state index contributed by atoms with van der Waals surface area (Å²) in [6.45, 7) is 2.91. The molecule has 1 N–H and O–H groups in total. The minimum atomic E-state index is -0.258. The van der Waals surface area contributed by atoms with Gasteiger partial charge in [0.25, 0.3) is 5.91 Å². The van der Waals surface area contributed by atoms with Crippen LogP contribution in [0.4, 0.5) is 5.82 Å². The molecule has 4 rings (SSSR count). The predicted molar refractivity (Wildman–Crippen MR) is 125 cm³/mol. The monoisotopic (exact) mass is 433 g/mol. The van der Waals surface area contributed by atoms with Crippen LogP contribution in [0, 0.1) is 0 Å². The fourth-order valence-corrected chi connectivity index (χ4v) is 4.12. The Morgan fingerprint density at radius 2 is 1.75 bits per heavy atom. The number of unbranched alkanes of at least 4 members (excludes halogenated alkanes) is 4. The topological polar surface area (TPSA) is 77.2 Å². The van der Waals surface area contributed by atoms with E-state index in [0.717, 1.165) is 30.6 Å². The zero-order valence-electron chi connectivity index (χ0n) is 18.7. The minimum Gasteiger partial charge on any atom is -0.494 e. The van der Waals surface area contributed by atoms with E-state index >= 15 is 0 Å². The maximum Gasteiger partial charge on any atom is 0.256 e. The number of hydrogen-bond donors (Lipinski definition) is 1. The molecule has 0 aliphatic heterocycles. The number of anilines is 1. The van der Waals surface area contributed by atoms with Crippen LogP contribution in [-0.4, -0.2) is 22.8 Å². The van der Waals surface area contributed by atoms with E-state index in [0.29, 0.717) is 23.7 Å². The molecule has 0 fully saturated rings. The SMILES string of the molecule is CCCCCCCOc1ccc(C(=O)Nc2nonc2-c2ccc3c(c2)CCCC3)cc1. The lowest BCUT2D eigenvalue weighted by Gasteiger charge is -2.16. The van der Waals surface area contributed by atoms with E-state index in [1.54, 1.807) is 12.1 Å². The largest absolute Gasteiger partial charge is 0.494 e. The molecule has 0 atom stereocenters. The quantitative estimate of drug-likeness (QED) is 0.384. The van der Waals surface area contributed by atoms with Crippen molar-refractivity contribution >= 4 is 11.7 Å². The maximum atomic E-state index is 12.7. The molecule has 0 saturated carbocycles. The van der Waals surface area contributed by atoms with Crippen LogP contribution in [0.3, 0.4) is 0 Å². The first-order chi connectivity index (χ1) is 15.7. The number of aromatic nitrogens is 2. The molecule has 6 heteroatoms. The molecule has 2 aromatic carbocycles. The summed E-state index contributed by atoms with van der Waals surface area (Å²) >= 11 is 0. The Bertz CT molecular complexity index is 1030. The zero-order chi connectivity index (χ0) is 22.2. The highest BCUT2D eigenvalue weighted by Crippen LogP contribution is 2.30. The second kappa shape index (κ2) is 10.9. The molecule has 32 heavy (non-hydrogen) atoms. The summed E-state index contributed by atoms with van der Waals surface area (Å²) in [7, 11) is 0. The van der Waals surface area contributed by atoms with Gasteiger partial charge < -0.3 is 10.1 Å². The van der Waals surface area contributed by atoms with Crippen molar-refractivity contribution in [2.45, 2.75) is 64.7 Å². The van der Waals surface area contributed by atoms with Gasteiger partial charge in [-0.25, -0.2) is 4.63 Å². The van der Waals surface area contributed by atoms with Crippen LogP contribution in [0.25, 0.3) is 11.3 Å². The van der Waals surface area contributed by atoms with Crippen LogP contribution in [0.2, 0.25) is 0 Å². The predicted octanol–water partition coefficient (Wildman–Crippen LogP) is 6.22. The van der Waals surface area contributed by atoms with Gasteiger partial charge in [-0.3, -0.25) is 4.79 Å². The number of fused-ring (bicyclic) bond motifs is 1. The lowest BCUT2D eigenvalue weighted by molar-refractivity contribution is 0.102. The highest BCUT2D eigenvalue weighted by molar-refractivity contribution is 6.05. The average Bonchev–Trinajstić information content (AvgIpc) is 3.29. The molecule has 1 aromatic heterocycles. The fourth-order valence-electron chi connectivity index (χ4n) is 4.12. The third-order valence-corrected chi connectivity index (χ3v) is 5.98. The number of nitrogens with one attached hydrogen (secondary N) is 1. The van der Waals surface area contributed by atoms with Crippen LogP contribution in [0.5, 0.6) is 5.75 Å². The minimum absolute atomic E-state index is 0.258. The first kappa shape index (κ1) is 22.1. The van der Waals surface area contributed by atoms with Gasteiger partial charge in [-0.05, 0) is 83.9 Å². The summed E-state index contributed by atoms with van der Waals surface area (Å²) in [5.41, 5.74) is 4.72. The summed E-state index contributed by atoms with van der Waals surface area (Å²) < 4.78 is 10.7. The van der Waals surface area contributed by atoms with Crippen molar-refractivity contribution in [3.63, 3.8) is 0 Å². The summed E-state index contributed by atoms with van der Waals surface area (Å²) in [6.07, 6.45) is 10.6. The van der Waals surface area contributed by atoms with Gasteiger partial charge in [0.2, 0.25) is 5.82 Å². The van der Waals surface area contributed by atoms with Crippen LogP contribution < -0.4 is 10.1 Å². The summed E-state index contributed by atoms with van der Waals surface area (Å²) in [5, 5.41) is 10.8. The first-order valence-electron chi connectivity index (χ1n) is 11.7. The number of carbonyl (C=O) groups excluding carboxylic acids is 1. The zero-order valence-corrected chi connectivity index (χ0v) is 18.7. The lowest BCUT2D eigenvalue weighted by atomic mass is 9.90. The van der Waals surface area contributed by atoms with Crippen molar-refractivity contribution in [1.82, 2.24) is 10.3 Å². The Morgan fingerprint density at radius 3 is 2.56 bits per heavy atom. The van der Waals surface area contributed by atoms with E-state index in [4.69, 9.17) is 9.37 Å². The third kappa shape index (κ3) is 5.55. The van der Waals surface area contributed by atoms with Crippen molar-refractivity contribution in [2.75, 3.05) is 11.9 Å². The molecule has 6 nitrogen and oxygen atoms in total. The number of hydrogen-bond acceptors (Lipinski definition) is 5. The molecule has 0 spiro atoms. The molecule has 168 valence electrons. The van der Waals surface area contributed by atoms with E-state index in [-0.39, 0.29) is 5.91 Å². The Morgan fingerprint density at radius 1 is 0.969 bits per heavy atom. The van der Waals surface area contributed by atoms with Gasteiger partial charge in [0.15, 0.2) is 5.69 Å². The number of ether oxygens (including phenoxy) is 1. The number of amides is 1. The Hall–Kier alpha value is -3.15. The summed E-state index contributed by atoms with van der Waals surface area (Å²) in [5.74, 6) is 0.846. The molecule has 1 heterocycles. The third-order valence-electron chi connectivity index (χ3n) is 5.98. The van der Waals surface area contributed by atoms with Crippen LogP contribution in [0.15, 0.2) is 47.1 Å². The van der Waals surface area contributed by atoms with Crippen molar-refractivity contribution in [1.29, 1.82) is 0 Å². The van der Waals surface area contributed by atoms with Gasteiger partial charge in [-0.15, -0.1) is 0 Å². The van der Waals surface area contributed by atoms with E-state index in [1.165, 1.54) is 49.7 Å². The van der Waals surface area contributed by atoms with Crippen LogP contribution in [0.1, 0.15) is 73.4 Å². The van der Waals surface area contributed by atoms with Gasteiger partial charge in [-0.1, -0.05) is 44.7 Å². The number of carbonyl (C=O) groups is 1. The van der Waals surface area contributed by atoms with Crippen LogP contribution in [-0.2, 0) is 12.8 Å². The number of nitrogens with zero attached hydrogens (tertiary/aromatic N) is 2. The normalized spacial score (nSPS) is 12.9. The first-order valence-corrected chi connectivity index (χ1v) is 11.7. The Balaban J connectivity index is 1.35. The van der Waals surface area contributed by atoms with Crippen molar-refractivity contribution in [3.8, 4) is 17.0 Å². The highest BCUT2D eigenvalue weighted by atomic mass is 16.6. The van der Waals surface area contributed by atoms with E-state index in [2.05, 4.69) is 34.7 Å². The molecular formula is C26H31N3O3. The van der Waals surface area contributed by atoms with Crippen molar-refractivity contribution in [2.24, 2.45) is 0 Å². The Kier molecular flexibility index (Phi) is 7.54. The second-order valence-corrected chi connectivity index (χ2v) is 8.39. The molecular weight excluding hydrogens is 402 g/mol. The maximum absolute atomic E-state index is 12.7. The van der Waals surface area contributed by atoms with E-state index < -0.39 is 0 Å². The highest BCUT2D eigenvalue weighted by Gasteiger charge is 2.18. The molecule has 1 aliphatic carbocycles. The van der Waals surface area contributed by atoms with Crippen molar-refractivity contribution < 1.29 is 14.2 Å². The Labute approximate surface area is 189 Å². The smallest absolute Gasteiger partial charge is 0.256 e. The summed E-state index contributed by atoms with van der Waals surface area (Å²) in [6, 6.07) is 13.5. The van der Waals surface area contributed by atoms with Gasteiger partial charge in [0.05, 0.1) is 6.61 Å². The fraction of sp³-hybridized carbons (Fsp3) is 0.423. The van der Waals surface area contributed by atoms with E-state index in [9.17, 15) is 4.79 Å². The number of aryl methyl sites for hydroxylation is 2. The molecule has 3 aromatic rings. The average molecular weight is 434 g/mol. The molecule has 0 bridgehead atoms. The standard InChI is InChI=1S/C26H31N3O3/c1-2-3-4-5-8-17-31-23-15-13-20(14-16-23)26(30)27-25-24(28-32-29-25)22-12-11-19-9-6-7-10-21(19)18-22/h11-16,18H,2-10,17H2,1H3,(H,27,29,30). The molecule has 1 aliphatic rings. The van der Waals surface area contributed by atoms with Gasteiger partial charge in [-0.2, -0.15) is 0 Å². The van der Waals surface area contributed by atoms with Gasteiger partial charge in [0, 0.05) is 11.1 Å². The molecule has 0 saturated heterocycles. The molecule has 0 radical (unpaired) electrons. The van der Waals surface area contributed by atoms with Gasteiger partial charge >= 0.3 is 0 Å². The van der Waals surface area contributed by atoms with Crippen molar-refractivity contribution in [3.05, 3.63) is 59.2 Å². The second-order valence-electron chi connectivity index (χ2n) is 8.39. The number of benzene rings is 2. The molecule has 0 unspecified atom stereocenters. The molecule has 1 amide bonds. The van der Waals surface area contributed by atoms with Crippen LogP contribution >= 0.6 is 0 Å². The lowest BCUT2D eigenvalue weighted by Crippen LogP contribution is -2.13.